The molecule has 1 saturated heterocycles. The zero-order chi connectivity index (χ0) is 11.1. The second-order valence-corrected chi connectivity index (χ2v) is 3.53. The Balaban J connectivity index is 2.86. The molecule has 0 aromatic rings. The second kappa shape index (κ2) is 3.09. The van der Waals surface area contributed by atoms with Gasteiger partial charge in [-0.15, -0.1) is 0 Å². The molecule has 0 saturated carbocycles. The van der Waals surface area contributed by atoms with Crippen molar-refractivity contribution in [3.05, 3.63) is 0 Å². The van der Waals surface area contributed by atoms with Gasteiger partial charge in [-0.2, -0.15) is 13.2 Å². The summed E-state index contributed by atoms with van der Waals surface area (Å²) >= 11 is 0. The minimum atomic E-state index is -4.84. The van der Waals surface area contributed by atoms with Gasteiger partial charge in [-0.1, -0.05) is 0 Å². The maximum absolute atomic E-state index is 12.3. The maximum atomic E-state index is 12.3. The fourth-order valence-electron chi connectivity index (χ4n) is 1.31. The van der Waals surface area contributed by atoms with E-state index in [1.807, 2.05) is 0 Å². The van der Waals surface area contributed by atoms with Gasteiger partial charge in [0.15, 0.2) is 0 Å². The average molecular weight is 212 g/mol. The zero-order valence-electron chi connectivity index (χ0n) is 7.72. The number of carbonyl (C=O) groups excluding carboxylic acids is 1. The summed E-state index contributed by atoms with van der Waals surface area (Å²) in [5.41, 5.74) is -3.08. The lowest BCUT2D eigenvalue weighted by Gasteiger charge is -2.25. The van der Waals surface area contributed by atoms with Gasteiger partial charge < -0.3 is 10.4 Å². The molecule has 1 aliphatic heterocycles. The van der Waals surface area contributed by atoms with Gasteiger partial charge in [0.05, 0.1) is 6.04 Å². The van der Waals surface area contributed by atoms with E-state index in [1.54, 1.807) is 5.32 Å². The summed E-state index contributed by atoms with van der Waals surface area (Å²) in [6.45, 7) is 0. The molecule has 1 aliphatic rings. The highest BCUT2D eigenvalue weighted by Gasteiger charge is 2.61. The topological polar surface area (TPSA) is 52.6 Å². The van der Waals surface area contributed by atoms with Crippen molar-refractivity contribution in [2.24, 2.45) is 0 Å². The summed E-state index contributed by atoms with van der Waals surface area (Å²) < 4.78 is 36.8. The molecule has 0 aromatic heterocycles. The second-order valence-electron chi connectivity index (χ2n) is 3.53. The van der Waals surface area contributed by atoms with Crippen molar-refractivity contribution in [3.8, 4) is 0 Å². The third-order valence-electron chi connectivity index (χ3n) is 2.21. The lowest BCUT2D eigenvalue weighted by molar-refractivity contribution is -0.266. The van der Waals surface area contributed by atoms with Crippen molar-refractivity contribution in [2.75, 3.05) is 14.1 Å². The SMILES string of the molecule is CN(C)[C@H]1C[C@](O)(C(F)(F)F)NC1=O. The van der Waals surface area contributed by atoms with Gasteiger partial charge in [-0.3, -0.25) is 9.69 Å². The smallest absolute Gasteiger partial charge is 0.363 e. The van der Waals surface area contributed by atoms with Gasteiger partial charge in [-0.05, 0) is 14.1 Å². The van der Waals surface area contributed by atoms with Gasteiger partial charge in [0.25, 0.3) is 0 Å². The molecule has 2 atom stereocenters. The van der Waals surface area contributed by atoms with Gasteiger partial charge in [-0.25, -0.2) is 0 Å². The molecular weight excluding hydrogens is 201 g/mol. The minimum absolute atomic E-state index is 0.678. The summed E-state index contributed by atoms with van der Waals surface area (Å²) in [5.74, 6) is -0.810. The summed E-state index contributed by atoms with van der Waals surface area (Å²) in [6, 6.07) is -0.943. The average Bonchev–Trinajstić information content (AvgIpc) is 2.26. The molecule has 2 N–H and O–H groups in total. The van der Waals surface area contributed by atoms with Crippen LogP contribution in [0.25, 0.3) is 0 Å². The number of rotatable bonds is 1. The molecule has 14 heavy (non-hydrogen) atoms. The molecule has 1 fully saturated rings. The Bertz CT molecular complexity index is 254. The number of nitrogens with one attached hydrogen (secondary N) is 1. The zero-order valence-corrected chi connectivity index (χ0v) is 7.72. The summed E-state index contributed by atoms with van der Waals surface area (Å²) in [5, 5.41) is 10.7. The van der Waals surface area contributed by atoms with Crippen LogP contribution in [0.3, 0.4) is 0 Å². The number of aliphatic hydroxyl groups is 1. The number of amides is 1. The predicted molar refractivity (Wildman–Crippen MR) is 41.2 cm³/mol. The highest BCUT2D eigenvalue weighted by Crippen LogP contribution is 2.36. The molecule has 4 nitrogen and oxygen atoms in total. The molecule has 82 valence electrons. The van der Waals surface area contributed by atoms with Crippen LogP contribution in [0.15, 0.2) is 0 Å². The van der Waals surface area contributed by atoms with Crippen LogP contribution in [-0.2, 0) is 4.79 Å². The molecular formula is C7H11F3N2O2. The van der Waals surface area contributed by atoms with Crippen molar-refractivity contribution >= 4 is 5.91 Å². The quantitative estimate of drug-likeness (QED) is 0.626. The van der Waals surface area contributed by atoms with E-state index < -0.39 is 30.3 Å². The third kappa shape index (κ3) is 1.69. The molecule has 0 spiro atoms. The maximum Gasteiger partial charge on any atom is 0.436 e. The van der Waals surface area contributed by atoms with E-state index >= 15 is 0 Å². The van der Waals surface area contributed by atoms with Gasteiger partial charge in [0.1, 0.15) is 0 Å². The Morgan fingerprint density at radius 2 is 2.07 bits per heavy atom. The van der Waals surface area contributed by atoms with Gasteiger partial charge in [0, 0.05) is 6.42 Å². The number of nitrogens with zero attached hydrogens (tertiary/aromatic N) is 1. The lowest BCUT2D eigenvalue weighted by atomic mass is 10.1. The van der Waals surface area contributed by atoms with E-state index in [2.05, 4.69) is 0 Å². The normalized spacial score (nSPS) is 33.6. The van der Waals surface area contributed by atoms with Gasteiger partial charge in [0.2, 0.25) is 11.6 Å². The van der Waals surface area contributed by atoms with Crippen molar-refractivity contribution in [3.63, 3.8) is 0 Å². The Hall–Kier alpha value is -0.820. The number of likely N-dealkylation sites (N-methyl/N-ethyl adjacent to an activating group) is 1. The number of hydrogen-bond acceptors (Lipinski definition) is 3. The standard InChI is InChI=1S/C7H11F3N2O2/c1-12(2)4-3-6(14,7(8,9)10)11-5(4)13/h4,14H,3H2,1-2H3,(H,11,13)/t4-,6-/m0/s1. The minimum Gasteiger partial charge on any atom is -0.363 e. The highest BCUT2D eigenvalue weighted by atomic mass is 19.4. The molecule has 1 heterocycles. The Morgan fingerprint density at radius 1 is 1.57 bits per heavy atom. The monoisotopic (exact) mass is 212 g/mol. The molecule has 1 rings (SSSR count). The fourth-order valence-corrected chi connectivity index (χ4v) is 1.31. The van der Waals surface area contributed by atoms with Crippen LogP contribution in [-0.4, -0.2) is 48.0 Å². The lowest BCUT2D eigenvalue weighted by Crippen LogP contribution is -2.53. The van der Waals surface area contributed by atoms with Crippen molar-refractivity contribution in [1.82, 2.24) is 10.2 Å². The van der Waals surface area contributed by atoms with E-state index in [1.165, 1.54) is 19.0 Å². The van der Waals surface area contributed by atoms with E-state index in [9.17, 15) is 18.0 Å². The van der Waals surface area contributed by atoms with Crippen molar-refractivity contribution < 1.29 is 23.1 Å². The van der Waals surface area contributed by atoms with Crippen LogP contribution >= 0.6 is 0 Å². The first kappa shape index (κ1) is 11.3. The van der Waals surface area contributed by atoms with Crippen LogP contribution in [0, 0.1) is 0 Å². The molecule has 0 radical (unpaired) electrons. The van der Waals surface area contributed by atoms with Crippen molar-refractivity contribution in [1.29, 1.82) is 0 Å². The summed E-state index contributed by atoms with van der Waals surface area (Å²) in [6.07, 6.45) is -5.52. The number of halogens is 3. The van der Waals surface area contributed by atoms with E-state index in [0.717, 1.165) is 0 Å². The van der Waals surface area contributed by atoms with Crippen LogP contribution in [0.5, 0.6) is 0 Å². The Kier molecular flexibility index (Phi) is 2.49. The first-order valence-electron chi connectivity index (χ1n) is 3.95. The summed E-state index contributed by atoms with van der Waals surface area (Å²) in [4.78, 5) is 12.4. The highest BCUT2D eigenvalue weighted by molar-refractivity contribution is 5.85. The molecule has 1 amide bonds. The predicted octanol–water partition coefficient (Wildman–Crippen LogP) is -0.313. The molecule has 0 aromatic carbocycles. The fraction of sp³-hybridized carbons (Fsp3) is 0.857. The molecule has 0 aliphatic carbocycles. The van der Waals surface area contributed by atoms with E-state index in [0.29, 0.717) is 0 Å². The van der Waals surface area contributed by atoms with E-state index in [-0.39, 0.29) is 0 Å². The van der Waals surface area contributed by atoms with Gasteiger partial charge >= 0.3 is 6.18 Å². The first-order valence-corrected chi connectivity index (χ1v) is 3.95. The third-order valence-corrected chi connectivity index (χ3v) is 2.21. The van der Waals surface area contributed by atoms with Crippen LogP contribution < -0.4 is 5.32 Å². The van der Waals surface area contributed by atoms with Crippen molar-refractivity contribution in [2.45, 2.75) is 24.4 Å². The Labute approximate surface area is 78.7 Å². The first-order chi connectivity index (χ1) is 6.17. The number of alkyl halides is 3. The molecule has 0 unspecified atom stereocenters. The van der Waals surface area contributed by atoms with Crippen LogP contribution in [0.4, 0.5) is 13.2 Å². The molecule has 7 heteroatoms. The number of carbonyl (C=O) groups is 1. The molecule has 0 bridgehead atoms. The number of hydrogen-bond donors (Lipinski definition) is 2. The van der Waals surface area contributed by atoms with E-state index in [4.69, 9.17) is 5.11 Å². The largest absolute Gasteiger partial charge is 0.436 e. The summed E-state index contributed by atoms with van der Waals surface area (Å²) in [7, 11) is 2.96. The van der Waals surface area contributed by atoms with Crippen LogP contribution in [0.1, 0.15) is 6.42 Å². The van der Waals surface area contributed by atoms with Crippen LogP contribution in [0.2, 0.25) is 0 Å². The Morgan fingerprint density at radius 3 is 2.29 bits per heavy atom.